The zero-order chi connectivity index (χ0) is 13.8. The predicted molar refractivity (Wildman–Crippen MR) is 64.5 cm³/mol. The molecule has 1 rings (SSSR count). The fourth-order valence-electron chi connectivity index (χ4n) is 1.08. The molecule has 18 heavy (non-hydrogen) atoms. The molecule has 0 heterocycles. The van der Waals surface area contributed by atoms with Gasteiger partial charge in [-0.15, -0.1) is 0 Å². The van der Waals surface area contributed by atoms with Crippen molar-refractivity contribution in [3.05, 3.63) is 28.7 Å². The number of rotatable bonds is 4. The molecule has 1 amide bonds. The molecule has 0 aromatic heterocycles. The fraction of sp³-hybridized carbons (Fsp3) is 0.300. The lowest BCUT2D eigenvalue weighted by Gasteiger charge is -2.07. The highest BCUT2D eigenvalue weighted by molar-refractivity contribution is 9.10. The minimum Gasteiger partial charge on any atom is -0.347 e. The first-order valence-corrected chi connectivity index (χ1v) is 6.91. The van der Waals surface area contributed by atoms with Crippen LogP contribution < -0.4 is 5.32 Å². The van der Waals surface area contributed by atoms with E-state index in [9.17, 15) is 22.2 Å². The molecule has 0 aliphatic carbocycles. The second kappa shape index (κ2) is 6.33. The van der Waals surface area contributed by atoms with Gasteiger partial charge in [0.05, 0.1) is 10.8 Å². The van der Waals surface area contributed by atoms with Gasteiger partial charge in [-0.25, -0.2) is 0 Å². The molecular formula is C10H9BrF3NO2S. The Morgan fingerprint density at radius 3 is 2.61 bits per heavy atom. The first kappa shape index (κ1) is 15.2. The molecule has 0 bridgehead atoms. The normalized spacial score (nSPS) is 13.1. The third-order valence-electron chi connectivity index (χ3n) is 1.89. The number of amides is 1. The minimum absolute atomic E-state index is 0.0712. The van der Waals surface area contributed by atoms with Gasteiger partial charge in [0.2, 0.25) is 0 Å². The Hall–Kier alpha value is -0.890. The van der Waals surface area contributed by atoms with Gasteiger partial charge in [-0.3, -0.25) is 9.00 Å². The Morgan fingerprint density at radius 1 is 1.39 bits per heavy atom. The monoisotopic (exact) mass is 343 g/mol. The zero-order valence-corrected chi connectivity index (χ0v) is 11.4. The summed E-state index contributed by atoms with van der Waals surface area (Å²) in [5.74, 6) is -2.09. The van der Waals surface area contributed by atoms with Gasteiger partial charge in [-0.05, 0) is 18.2 Å². The average molecular weight is 344 g/mol. The smallest absolute Gasteiger partial charge is 0.347 e. The average Bonchev–Trinajstić information content (AvgIpc) is 2.27. The first-order chi connectivity index (χ1) is 8.30. The summed E-state index contributed by atoms with van der Waals surface area (Å²) in [5.41, 5.74) is 0. The van der Waals surface area contributed by atoms with E-state index < -0.39 is 22.9 Å². The largest absolute Gasteiger partial charge is 0.471 e. The summed E-state index contributed by atoms with van der Waals surface area (Å²) in [6.07, 6.45) is -4.91. The Kier molecular flexibility index (Phi) is 5.33. The van der Waals surface area contributed by atoms with Crippen LogP contribution in [0.5, 0.6) is 0 Å². The van der Waals surface area contributed by atoms with Gasteiger partial charge in [0.15, 0.2) is 0 Å². The van der Waals surface area contributed by atoms with E-state index in [4.69, 9.17) is 0 Å². The summed E-state index contributed by atoms with van der Waals surface area (Å²) in [6, 6.07) is 6.63. The maximum Gasteiger partial charge on any atom is 0.471 e. The number of hydrogen-bond acceptors (Lipinski definition) is 2. The third kappa shape index (κ3) is 4.77. The molecule has 1 aromatic rings. The molecule has 8 heteroatoms. The molecule has 0 spiro atoms. The summed E-state index contributed by atoms with van der Waals surface area (Å²) in [5, 5.41) is 1.67. The van der Waals surface area contributed by atoms with Gasteiger partial charge in [0.1, 0.15) is 0 Å². The van der Waals surface area contributed by atoms with Crippen LogP contribution in [-0.4, -0.2) is 28.6 Å². The Balaban J connectivity index is 2.46. The summed E-state index contributed by atoms with van der Waals surface area (Å²) < 4.78 is 48.0. The molecule has 3 nitrogen and oxygen atoms in total. The van der Waals surface area contributed by atoms with Crippen LogP contribution >= 0.6 is 15.9 Å². The lowest BCUT2D eigenvalue weighted by molar-refractivity contribution is -0.173. The van der Waals surface area contributed by atoms with E-state index in [1.165, 1.54) is 0 Å². The predicted octanol–water partition coefficient (Wildman–Crippen LogP) is 2.24. The molecule has 0 saturated carbocycles. The van der Waals surface area contributed by atoms with Crippen molar-refractivity contribution in [3.63, 3.8) is 0 Å². The van der Waals surface area contributed by atoms with Crippen molar-refractivity contribution in [3.8, 4) is 0 Å². The fourth-order valence-corrected chi connectivity index (χ4v) is 2.65. The SMILES string of the molecule is O=C(NCCS(=O)c1cccc(Br)c1)C(F)(F)F. The van der Waals surface area contributed by atoms with Crippen molar-refractivity contribution in [2.24, 2.45) is 0 Å². The van der Waals surface area contributed by atoms with Gasteiger partial charge >= 0.3 is 12.1 Å². The second-order valence-corrected chi connectivity index (χ2v) is 5.75. The molecule has 0 aliphatic heterocycles. The third-order valence-corrected chi connectivity index (χ3v) is 3.74. The van der Waals surface area contributed by atoms with E-state index in [1.54, 1.807) is 29.6 Å². The standard InChI is InChI=1S/C10H9BrF3NO2S/c11-7-2-1-3-8(6-7)18(17)5-4-15-9(16)10(12,13)14/h1-3,6H,4-5H2,(H,15,16). The quantitative estimate of drug-likeness (QED) is 0.911. The molecule has 100 valence electrons. The van der Waals surface area contributed by atoms with Crippen molar-refractivity contribution < 1.29 is 22.2 Å². The van der Waals surface area contributed by atoms with Crippen molar-refractivity contribution in [2.75, 3.05) is 12.3 Å². The lowest BCUT2D eigenvalue weighted by Crippen LogP contribution is -2.38. The maximum absolute atomic E-state index is 11.9. The van der Waals surface area contributed by atoms with Crippen LogP contribution in [-0.2, 0) is 15.6 Å². The van der Waals surface area contributed by atoms with Crippen molar-refractivity contribution in [1.82, 2.24) is 5.32 Å². The molecule has 1 unspecified atom stereocenters. The highest BCUT2D eigenvalue weighted by Gasteiger charge is 2.38. The molecular weight excluding hydrogens is 335 g/mol. The topological polar surface area (TPSA) is 46.2 Å². The lowest BCUT2D eigenvalue weighted by atomic mass is 10.4. The Bertz CT molecular complexity index is 465. The van der Waals surface area contributed by atoms with Gasteiger partial charge in [-0.1, -0.05) is 22.0 Å². The van der Waals surface area contributed by atoms with Gasteiger partial charge in [0.25, 0.3) is 0 Å². The number of halogens is 4. The van der Waals surface area contributed by atoms with Crippen LogP contribution in [0.15, 0.2) is 33.6 Å². The van der Waals surface area contributed by atoms with E-state index in [-0.39, 0.29) is 12.3 Å². The number of alkyl halides is 3. The van der Waals surface area contributed by atoms with E-state index in [2.05, 4.69) is 15.9 Å². The van der Waals surface area contributed by atoms with E-state index in [0.717, 1.165) is 4.47 Å². The van der Waals surface area contributed by atoms with Crippen LogP contribution in [0.3, 0.4) is 0 Å². The van der Waals surface area contributed by atoms with Crippen molar-refractivity contribution in [2.45, 2.75) is 11.1 Å². The Labute approximate surface area is 112 Å². The van der Waals surface area contributed by atoms with Crippen LogP contribution in [0.1, 0.15) is 0 Å². The summed E-state index contributed by atoms with van der Waals surface area (Å²) in [7, 11) is -1.45. The van der Waals surface area contributed by atoms with Crippen molar-refractivity contribution >= 4 is 32.6 Å². The number of carbonyl (C=O) groups excluding carboxylic acids is 1. The highest BCUT2D eigenvalue weighted by atomic mass is 79.9. The molecule has 1 N–H and O–H groups in total. The summed E-state index contributed by atoms with van der Waals surface area (Å²) >= 11 is 3.19. The number of nitrogens with one attached hydrogen (secondary N) is 1. The molecule has 0 fully saturated rings. The maximum atomic E-state index is 11.9. The van der Waals surface area contributed by atoms with Crippen LogP contribution in [0, 0.1) is 0 Å². The minimum atomic E-state index is -4.91. The van der Waals surface area contributed by atoms with Crippen LogP contribution in [0.25, 0.3) is 0 Å². The molecule has 0 aliphatic rings. The van der Waals surface area contributed by atoms with Crippen LogP contribution in [0.2, 0.25) is 0 Å². The zero-order valence-electron chi connectivity index (χ0n) is 8.96. The molecule has 1 aromatic carbocycles. The van der Waals surface area contributed by atoms with Gasteiger partial charge < -0.3 is 5.32 Å². The van der Waals surface area contributed by atoms with Gasteiger partial charge in [-0.2, -0.15) is 13.2 Å². The number of benzene rings is 1. The summed E-state index contributed by atoms with van der Waals surface area (Å²) in [6.45, 7) is -0.294. The molecule has 1 atom stereocenters. The number of hydrogen-bond donors (Lipinski definition) is 1. The van der Waals surface area contributed by atoms with E-state index >= 15 is 0 Å². The van der Waals surface area contributed by atoms with Crippen molar-refractivity contribution in [1.29, 1.82) is 0 Å². The first-order valence-electron chi connectivity index (χ1n) is 4.79. The second-order valence-electron chi connectivity index (χ2n) is 3.26. The molecule has 0 saturated heterocycles. The molecule has 0 radical (unpaired) electrons. The number of carbonyl (C=O) groups is 1. The van der Waals surface area contributed by atoms with E-state index in [1.807, 2.05) is 0 Å². The summed E-state index contributed by atoms with van der Waals surface area (Å²) in [4.78, 5) is 11.0. The van der Waals surface area contributed by atoms with E-state index in [0.29, 0.717) is 4.90 Å². The highest BCUT2D eigenvalue weighted by Crippen LogP contribution is 2.15. The van der Waals surface area contributed by atoms with Gasteiger partial charge in [0, 0.05) is 21.7 Å². The van der Waals surface area contributed by atoms with Crippen LogP contribution in [0.4, 0.5) is 13.2 Å². The Morgan fingerprint density at radius 2 is 2.06 bits per heavy atom.